The van der Waals surface area contributed by atoms with Crippen molar-refractivity contribution in [3.63, 3.8) is 0 Å². The third kappa shape index (κ3) is 8.14. The third-order valence-corrected chi connectivity index (χ3v) is 6.66. The number of benzene rings is 2. The van der Waals surface area contributed by atoms with Gasteiger partial charge in [0.15, 0.2) is 6.61 Å². The van der Waals surface area contributed by atoms with Crippen LogP contribution in [0, 0.1) is 10.1 Å². The van der Waals surface area contributed by atoms with Crippen LogP contribution in [0.3, 0.4) is 0 Å². The Morgan fingerprint density at radius 1 is 0.951 bits per heavy atom. The summed E-state index contributed by atoms with van der Waals surface area (Å²) in [5.74, 6) is -1.34. The molecule has 2 heterocycles. The molecule has 0 atom stereocenters. The van der Waals surface area contributed by atoms with Gasteiger partial charge in [-0.05, 0) is 36.4 Å². The van der Waals surface area contributed by atoms with Crippen molar-refractivity contribution < 1.29 is 42.0 Å². The molecule has 0 bridgehead atoms. The van der Waals surface area contributed by atoms with Crippen LogP contribution in [-0.2, 0) is 11.3 Å². The molecule has 0 aliphatic carbocycles. The number of nitro benzene ring substituents is 1. The molecule has 0 radical (unpaired) electrons. The number of hydrogen-bond acceptors (Lipinski definition) is 9. The van der Waals surface area contributed by atoms with Crippen molar-refractivity contribution in [2.75, 3.05) is 32.8 Å². The number of piperazine rings is 1. The number of non-ortho nitro benzene ring substituents is 1. The number of thiazole rings is 1. The van der Waals surface area contributed by atoms with E-state index in [-0.39, 0.29) is 68.3 Å². The number of amides is 3. The summed E-state index contributed by atoms with van der Waals surface area (Å²) in [7, 11) is 0. The number of rotatable bonds is 9. The van der Waals surface area contributed by atoms with E-state index >= 15 is 0 Å². The van der Waals surface area contributed by atoms with E-state index < -0.39 is 22.9 Å². The van der Waals surface area contributed by atoms with Crippen molar-refractivity contribution in [3.8, 4) is 11.5 Å². The molecule has 1 aromatic heterocycles. The first-order valence-electron chi connectivity index (χ1n) is 12.0. The SMILES string of the molecule is O=C(COc1ccc(OC(F)(F)F)cc1)NCc1nc(C(=O)N2CCN(C(=O)c3ccc([N+](=O)[O-])cc3)CC2)cs1. The zero-order valence-electron chi connectivity index (χ0n) is 21.1. The van der Waals surface area contributed by atoms with Crippen molar-refractivity contribution in [2.24, 2.45) is 0 Å². The molecule has 1 aliphatic heterocycles. The second kappa shape index (κ2) is 12.6. The summed E-state index contributed by atoms with van der Waals surface area (Å²) < 4.78 is 45.7. The van der Waals surface area contributed by atoms with E-state index in [1.54, 1.807) is 15.2 Å². The van der Waals surface area contributed by atoms with E-state index in [0.717, 1.165) is 12.1 Å². The van der Waals surface area contributed by atoms with Gasteiger partial charge in [-0.1, -0.05) is 0 Å². The van der Waals surface area contributed by atoms with Crippen molar-refractivity contribution in [3.05, 3.63) is 80.3 Å². The van der Waals surface area contributed by atoms with Gasteiger partial charge in [-0.15, -0.1) is 24.5 Å². The average Bonchev–Trinajstić information content (AvgIpc) is 3.43. The average molecular weight is 594 g/mol. The lowest BCUT2D eigenvalue weighted by atomic mass is 10.1. The van der Waals surface area contributed by atoms with Crippen LogP contribution in [0.15, 0.2) is 53.9 Å². The Labute approximate surface area is 234 Å². The quantitative estimate of drug-likeness (QED) is 0.294. The maximum atomic E-state index is 12.9. The van der Waals surface area contributed by atoms with E-state index in [9.17, 15) is 37.7 Å². The Morgan fingerprint density at radius 2 is 1.54 bits per heavy atom. The summed E-state index contributed by atoms with van der Waals surface area (Å²) in [5.41, 5.74) is 0.409. The van der Waals surface area contributed by atoms with Gasteiger partial charge in [-0.3, -0.25) is 24.5 Å². The first-order valence-corrected chi connectivity index (χ1v) is 12.9. The Kier molecular flexibility index (Phi) is 9.01. The van der Waals surface area contributed by atoms with Gasteiger partial charge < -0.3 is 24.6 Å². The van der Waals surface area contributed by atoms with E-state index in [0.29, 0.717) is 10.6 Å². The highest BCUT2D eigenvalue weighted by molar-refractivity contribution is 7.09. The molecule has 1 fully saturated rings. The third-order valence-electron chi connectivity index (χ3n) is 5.81. The van der Waals surface area contributed by atoms with Crippen LogP contribution in [0.2, 0.25) is 0 Å². The number of aromatic nitrogens is 1. The predicted octanol–water partition coefficient (Wildman–Crippen LogP) is 3.24. The predicted molar refractivity (Wildman–Crippen MR) is 137 cm³/mol. The minimum atomic E-state index is -4.81. The van der Waals surface area contributed by atoms with Crippen LogP contribution in [-0.4, -0.2) is 76.6 Å². The number of nitrogens with zero attached hydrogens (tertiary/aromatic N) is 4. The van der Waals surface area contributed by atoms with Gasteiger partial charge in [0.2, 0.25) is 0 Å². The molecule has 0 unspecified atom stereocenters. The van der Waals surface area contributed by atoms with Gasteiger partial charge >= 0.3 is 6.36 Å². The van der Waals surface area contributed by atoms with Crippen LogP contribution >= 0.6 is 11.3 Å². The largest absolute Gasteiger partial charge is 0.573 e. The number of alkyl halides is 3. The number of nitro groups is 1. The molecule has 0 spiro atoms. The normalized spacial score (nSPS) is 13.4. The van der Waals surface area contributed by atoms with Gasteiger partial charge in [0.25, 0.3) is 23.4 Å². The highest BCUT2D eigenvalue weighted by Crippen LogP contribution is 2.24. The minimum Gasteiger partial charge on any atom is -0.484 e. The molecule has 0 saturated carbocycles. The molecule has 216 valence electrons. The maximum absolute atomic E-state index is 12.9. The Balaban J connectivity index is 1.20. The molecule has 1 N–H and O–H groups in total. The van der Waals surface area contributed by atoms with Gasteiger partial charge in [-0.2, -0.15) is 0 Å². The monoisotopic (exact) mass is 593 g/mol. The zero-order chi connectivity index (χ0) is 29.6. The van der Waals surface area contributed by atoms with Crippen molar-refractivity contribution >= 4 is 34.7 Å². The van der Waals surface area contributed by atoms with Gasteiger partial charge in [-0.25, -0.2) is 4.98 Å². The van der Waals surface area contributed by atoms with E-state index in [4.69, 9.17) is 4.74 Å². The molecular formula is C25H22F3N5O7S. The molecule has 3 amide bonds. The fourth-order valence-electron chi connectivity index (χ4n) is 3.78. The van der Waals surface area contributed by atoms with Crippen LogP contribution in [0.25, 0.3) is 0 Å². The number of halogens is 3. The van der Waals surface area contributed by atoms with Crippen LogP contribution in [0.5, 0.6) is 11.5 Å². The second-order valence-electron chi connectivity index (χ2n) is 8.60. The molecule has 16 heteroatoms. The van der Waals surface area contributed by atoms with E-state index in [1.165, 1.54) is 47.7 Å². The van der Waals surface area contributed by atoms with Crippen LogP contribution in [0.4, 0.5) is 18.9 Å². The molecule has 1 aliphatic rings. The summed E-state index contributed by atoms with van der Waals surface area (Å²) in [6.07, 6.45) is -4.81. The summed E-state index contributed by atoms with van der Waals surface area (Å²) in [4.78, 5) is 55.3. The molecule has 4 rings (SSSR count). The highest BCUT2D eigenvalue weighted by atomic mass is 32.1. The summed E-state index contributed by atoms with van der Waals surface area (Å²) in [6.45, 7) is 0.776. The number of carbonyl (C=O) groups is 3. The smallest absolute Gasteiger partial charge is 0.484 e. The number of ether oxygens (including phenoxy) is 2. The Morgan fingerprint density at radius 3 is 2.12 bits per heavy atom. The standard InChI is InChI=1S/C25H22F3N5O7S/c26-25(27,28)40-19-7-5-18(6-8-19)39-14-21(34)29-13-22-30-20(15-41-22)24(36)32-11-9-31(10-12-32)23(35)16-1-3-17(4-2-16)33(37)38/h1-8,15H,9-14H2,(H,29,34). The lowest BCUT2D eigenvalue weighted by Crippen LogP contribution is -2.50. The summed E-state index contributed by atoms with van der Waals surface area (Å²) >= 11 is 1.18. The maximum Gasteiger partial charge on any atom is 0.573 e. The fraction of sp³-hybridized carbons (Fsp3) is 0.280. The molecule has 12 nitrogen and oxygen atoms in total. The topological polar surface area (TPSA) is 144 Å². The van der Waals surface area contributed by atoms with Crippen molar-refractivity contribution in [1.82, 2.24) is 20.1 Å². The van der Waals surface area contributed by atoms with Gasteiger partial charge in [0.05, 0.1) is 11.5 Å². The van der Waals surface area contributed by atoms with E-state index in [1.807, 2.05) is 0 Å². The Bertz CT molecular complexity index is 1410. The van der Waals surface area contributed by atoms with Crippen LogP contribution in [0.1, 0.15) is 25.9 Å². The van der Waals surface area contributed by atoms with Gasteiger partial charge in [0.1, 0.15) is 22.2 Å². The fourth-order valence-corrected chi connectivity index (χ4v) is 4.49. The number of carbonyl (C=O) groups excluding carboxylic acids is 3. The number of nitrogens with one attached hydrogen (secondary N) is 1. The van der Waals surface area contributed by atoms with Crippen molar-refractivity contribution in [1.29, 1.82) is 0 Å². The van der Waals surface area contributed by atoms with Crippen LogP contribution < -0.4 is 14.8 Å². The summed E-state index contributed by atoms with van der Waals surface area (Å²) in [6, 6.07) is 9.92. The molecular weight excluding hydrogens is 571 g/mol. The zero-order valence-corrected chi connectivity index (χ0v) is 21.9. The lowest BCUT2D eigenvalue weighted by Gasteiger charge is -2.34. The highest BCUT2D eigenvalue weighted by Gasteiger charge is 2.31. The number of hydrogen-bond donors (Lipinski definition) is 1. The molecule has 41 heavy (non-hydrogen) atoms. The lowest BCUT2D eigenvalue weighted by molar-refractivity contribution is -0.384. The first-order chi connectivity index (χ1) is 19.5. The van der Waals surface area contributed by atoms with E-state index in [2.05, 4.69) is 15.0 Å². The first kappa shape index (κ1) is 29.3. The molecule has 3 aromatic rings. The second-order valence-corrected chi connectivity index (χ2v) is 9.54. The minimum absolute atomic E-state index is 0.0377. The van der Waals surface area contributed by atoms with Gasteiger partial charge in [0, 0.05) is 49.3 Å². The Hall–Kier alpha value is -4.73. The summed E-state index contributed by atoms with van der Waals surface area (Å²) in [5, 5.41) is 15.4. The molecule has 2 aromatic carbocycles. The molecule has 1 saturated heterocycles. The van der Waals surface area contributed by atoms with Crippen molar-refractivity contribution in [2.45, 2.75) is 12.9 Å².